The molecule has 0 bridgehead atoms. The molecule has 0 heterocycles. The molecule has 1 atom stereocenters. The van der Waals surface area contributed by atoms with Crippen molar-refractivity contribution in [2.45, 2.75) is 49.5 Å². The minimum Gasteiger partial charge on any atom is -0.313 e. The van der Waals surface area contributed by atoms with Gasteiger partial charge in [0.1, 0.15) is 5.82 Å². The van der Waals surface area contributed by atoms with Crippen LogP contribution in [0.2, 0.25) is 0 Å². The molecule has 0 saturated carbocycles. The predicted octanol–water partition coefficient (Wildman–Crippen LogP) is 4.79. The monoisotopic (exact) mass is 293 g/mol. The van der Waals surface area contributed by atoms with Crippen LogP contribution in [0, 0.1) is 5.82 Å². The second-order valence-electron chi connectivity index (χ2n) is 5.34. The molecule has 3 heteroatoms. The first kappa shape index (κ1) is 15.6. The Hall–Kier alpha value is -0.800. The highest BCUT2D eigenvalue weighted by Crippen LogP contribution is 2.25. The van der Waals surface area contributed by atoms with Gasteiger partial charge in [-0.25, -0.2) is 4.39 Å². The van der Waals surface area contributed by atoms with Gasteiger partial charge in [0, 0.05) is 16.7 Å². The summed E-state index contributed by atoms with van der Waals surface area (Å²) in [5.74, 6) is 0.843. The molecule has 20 heavy (non-hydrogen) atoms. The summed E-state index contributed by atoms with van der Waals surface area (Å²) in [5.41, 5.74) is 1.56. The van der Waals surface area contributed by atoms with Crippen LogP contribution in [0.5, 0.6) is 0 Å². The predicted molar refractivity (Wildman–Crippen MR) is 85.8 cm³/mol. The molecule has 1 unspecified atom stereocenters. The number of allylic oxidation sites excluding steroid dienone is 1. The lowest BCUT2D eigenvalue weighted by Crippen LogP contribution is -2.30. The van der Waals surface area contributed by atoms with Crippen molar-refractivity contribution in [3.8, 4) is 0 Å². The van der Waals surface area contributed by atoms with Gasteiger partial charge in [-0.1, -0.05) is 24.5 Å². The second kappa shape index (κ2) is 8.48. The fourth-order valence-corrected chi connectivity index (χ4v) is 3.69. The molecular weight excluding hydrogens is 269 g/mol. The summed E-state index contributed by atoms with van der Waals surface area (Å²) in [5, 5.41) is 3.44. The van der Waals surface area contributed by atoms with E-state index in [4.69, 9.17) is 0 Å². The van der Waals surface area contributed by atoms with Crippen molar-refractivity contribution in [1.82, 2.24) is 5.32 Å². The summed E-state index contributed by atoms with van der Waals surface area (Å²) in [6.45, 7) is 0. The van der Waals surface area contributed by atoms with E-state index in [0.29, 0.717) is 6.04 Å². The SMILES string of the molecule is CNC(CSc1ccc(F)cc1)/C1=C/CCCCCC1. The van der Waals surface area contributed by atoms with Crippen LogP contribution in [-0.4, -0.2) is 18.8 Å². The van der Waals surface area contributed by atoms with Crippen molar-refractivity contribution in [1.29, 1.82) is 0 Å². The van der Waals surface area contributed by atoms with Gasteiger partial charge >= 0.3 is 0 Å². The van der Waals surface area contributed by atoms with Gasteiger partial charge in [-0.3, -0.25) is 0 Å². The Morgan fingerprint density at radius 2 is 1.90 bits per heavy atom. The van der Waals surface area contributed by atoms with E-state index in [1.165, 1.54) is 50.7 Å². The zero-order valence-corrected chi connectivity index (χ0v) is 13.0. The molecular formula is C17H24FNS. The van der Waals surface area contributed by atoms with E-state index in [-0.39, 0.29) is 5.82 Å². The summed E-state index contributed by atoms with van der Waals surface area (Å²) in [6, 6.07) is 7.22. The largest absolute Gasteiger partial charge is 0.313 e. The van der Waals surface area contributed by atoms with E-state index < -0.39 is 0 Å². The minimum absolute atomic E-state index is 0.165. The van der Waals surface area contributed by atoms with Gasteiger partial charge in [-0.2, -0.15) is 0 Å². The molecule has 110 valence electrons. The Balaban J connectivity index is 1.92. The quantitative estimate of drug-likeness (QED) is 0.619. The van der Waals surface area contributed by atoms with Crippen molar-refractivity contribution >= 4 is 11.8 Å². The highest BCUT2D eigenvalue weighted by atomic mass is 32.2. The molecule has 0 saturated heterocycles. The standard InChI is InChI=1S/C17H24FNS/c1-19-17(14-7-5-3-2-4-6-8-14)13-20-16-11-9-15(18)10-12-16/h7,9-12,17,19H,2-6,8,13H2,1H3/b14-7+. The van der Waals surface area contributed by atoms with Crippen LogP contribution in [0.4, 0.5) is 4.39 Å². The number of halogens is 1. The fourth-order valence-electron chi connectivity index (χ4n) is 2.62. The first-order valence-corrected chi connectivity index (χ1v) is 8.52. The minimum atomic E-state index is -0.165. The Kier molecular flexibility index (Phi) is 6.61. The molecule has 1 aliphatic carbocycles. The van der Waals surface area contributed by atoms with Crippen molar-refractivity contribution in [3.63, 3.8) is 0 Å². The molecule has 0 fully saturated rings. The Morgan fingerprint density at radius 3 is 2.65 bits per heavy atom. The molecule has 1 N–H and O–H groups in total. The van der Waals surface area contributed by atoms with E-state index in [1.54, 1.807) is 17.3 Å². The number of benzene rings is 1. The lowest BCUT2D eigenvalue weighted by molar-refractivity contribution is 0.583. The lowest BCUT2D eigenvalue weighted by Gasteiger charge is -2.21. The fraction of sp³-hybridized carbons (Fsp3) is 0.529. The van der Waals surface area contributed by atoms with Crippen LogP contribution in [-0.2, 0) is 0 Å². The van der Waals surface area contributed by atoms with Gasteiger partial charge in [0.15, 0.2) is 0 Å². The highest BCUT2D eigenvalue weighted by Gasteiger charge is 2.13. The second-order valence-corrected chi connectivity index (χ2v) is 6.43. The number of thioether (sulfide) groups is 1. The molecule has 1 aliphatic rings. The molecule has 0 radical (unpaired) electrons. The average Bonchev–Trinajstić information content (AvgIpc) is 2.43. The molecule has 1 aromatic carbocycles. The maximum absolute atomic E-state index is 12.9. The molecule has 2 rings (SSSR count). The van der Waals surface area contributed by atoms with Crippen LogP contribution >= 0.6 is 11.8 Å². The molecule has 1 aromatic rings. The van der Waals surface area contributed by atoms with Crippen LogP contribution < -0.4 is 5.32 Å². The first-order chi connectivity index (χ1) is 9.79. The number of rotatable bonds is 5. The lowest BCUT2D eigenvalue weighted by atomic mass is 9.96. The van der Waals surface area contributed by atoms with Crippen LogP contribution in [0.15, 0.2) is 40.8 Å². The summed E-state index contributed by atoms with van der Waals surface area (Å²) in [7, 11) is 2.04. The van der Waals surface area contributed by atoms with Gasteiger partial charge in [0.25, 0.3) is 0 Å². The third-order valence-electron chi connectivity index (χ3n) is 3.85. The van der Waals surface area contributed by atoms with E-state index >= 15 is 0 Å². The van der Waals surface area contributed by atoms with E-state index in [9.17, 15) is 4.39 Å². The van der Waals surface area contributed by atoms with Crippen molar-refractivity contribution in [2.24, 2.45) is 0 Å². The highest BCUT2D eigenvalue weighted by molar-refractivity contribution is 7.99. The van der Waals surface area contributed by atoms with Crippen molar-refractivity contribution in [2.75, 3.05) is 12.8 Å². The maximum atomic E-state index is 12.9. The molecule has 0 aliphatic heterocycles. The summed E-state index contributed by atoms with van der Waals surface area (Å²) >= 11 is 1.80. The van der Waals surface area contributed by atoms with Crippen LogP contribution in [0.25, 0.3) is 0 Å². The molecule has 0 spiro atoms. The van der Waals surface area contributed by atoms with Gasteiger partial charge in [-0.15, -0.1) is 11.8 Å². The molecule has 1 nitrogen and oxygen atoms in total. The number of hydrogen-bond donors (Lipinski definition) is 1. The number of nitrogens with one attached hydrogen (secondary N) is 1. The third kappa shape index (κ3) is 4.95. The van der Waals surface area contributed by atoms with Gasteiger partial charge in [0.05, 0.1) is 0 Å². The van der Waals surface area contributed by atoms with Crippen LogP contribution in [0.1, 0.15) is 38.5 Å². The Bertz CT molecular complexity index is 427. The van der Waals surface area contributed by atoms with E-state index in [0.717, 1.165) is 10.6 Å². The van der Waals surface area contributed by atoms with Gasteiger partial charge < -0.3 is 5.32 Å². The maximum Gasteiger partial charge on any atom is 0.123 e. The molecule has 0 amide bonds. The van der Waals surface area contributed by atoms with Crippen molar-refractivity contribution < 1.29 is 4.39 Å². The number of likely N-dealkylation sites (N-methyl/N-ethyl adjacent to an activating group) is 1. The zero-order valence-electron chi connectivity index (χ0n) is 12.2. The third-order valence-corrected chi connectivity index (χ3v) is 4.96. The normalized spacial score (nSPS) is 20.6. The Morgan fingerprint density at radius 1 is 1.15 bits per heavy atom. The number of hydrogen-bond acceptors (Lipinski definition) is 2. The zero-order chi connectivity index (χ0) is 14.2. The topological polar surface area (TPSA) is 12.0 Å². The summed E-state index contributed by atoms with van der Waals surface area (Å²) in [4.78, 5) is 1.14. The average molecular weight is 293 g/mol. The van der Waals surface area contributed by atoms with Gasteiger partial charge in [-0.05, 0) is 57.0 Å². The van der Waals surface area contributed by atoms with Crippen molar-refractivity contribution in [3.05, 3.63) is 41.7 Å². The molecule has 0 aromatic heterocycles. The summed E-state index contributed by atoms with van der Waals surface area (Å²) < 4.78 is 12.9. The Labute approximate surface area is 126 Å². The van der Waals surface area contributed by atoms with Gasteiger partial charge in [0.2, 0.25) is 0 Å². The first-order valence-electron chi connectivity index (χ1n) is 7.54. The summed E-state index contributed by atoms with van der Waals surface area (Å²) in [6.07, 6.45) is 10.2. The van der Waals surface area contributed by atoms with Crippen LogP contribution in [0.3, 0.4) is 0 Å². The van der Waals surface area contributed by atoms with E-state index in [2.05, 4.69) is 11.4 Å². The van der Waals surface area contributed by atoms with E-state index in [1.807, 2.05) is 19.2 Å². The smallest absolute Gasteiger partial charge is 0.123 e.